The number of nitrogens with zero attached hydrogens (tertiary/aromatic N) is 3. The van der Waals surface area contributed by atoms with E-state index in [0.717, 1.165) is 17.8 Å². The van der Waals surface area contributed by atoms with Gasteiger partial charge in [-0.3, -0.25) is 20.0 Å². The quantitative estimate of drug-likeness (QED) is 0.543. The van der Waals surface area contributed by atoms with E-state index >= 15 is 0 Å². The second kappa shape index (κ2) is 8.58. The molecule has 2 N–H and O–H groups in total. The molecule has 3 heterocycles. The number of urea groups is 1. The Hall–Kier alpha value is -3.47. The van der Waals surface area contributed by atoms with E-state index in [1.54, 1.807) is 0 Å². The number of carbonyl (C=O) groups is 2. The Morgan fingerprint density at radius 3 is 2.59 bits per heavy atom. The third-order valence-electron chi connectivity index (χ3n) is 5.43. The standard InChI is InChI=1S/C21H20F3N5O3/c22-21(23,24)17-9-6-14(10-26-17)19(30)27-18(25)16-8-7-15-11-28(16)20(31)29(15)32-12-13-4-2-1-3-5-13/h1-6,9-10,15-16H,7-8,11-12H2,(H2,25,27,30)/t15-,16+/m1/s1. The smallest absolute Gasteiger partial charge is 0.311 e. The minimum absolute atomic E-state index is 0.114. The Labute approximate surface area is 181 Å². The van der Waals surface area contributed by atoms with E-state index < -0.39 is 23.8 Å². The predicted molar refractivity (Wildman–Crippen MR) is 106 cm³/mol. The monoisotopic (exact) mass is 447 g/mol. The molecule has 0 aliphatic carbocycles. The van der Waals surface area contributed by atoms with Crippen LogP contribution < -0.4 is 5.32 Å². The third kappa shape index (κ3) is 4.42. The van der Waals surface area contributed by atoms with Crippen LogP contribution in [0.3, 0.4) is 0 Å². The minimum Gasteiger partial charge on any atom is -0.311 e. The number of amides is 3. The van der Waals surface area contributed by atoms with Crippen molar-refractivity contribution in [3.05, 3.63) is 65.5 Å². The Balaban J connectivity index is 1.37. The second-order valence-electron chi connectivity index (χ2n) is 7.56. The van der Waals surface area contributed by atoms with Crippen molar-refractivity contribution in [1.29, 1.82) is 5.41 Å². The molecule has 1 aromatic heterocycles. The summed E-state index contributed by atoms with van der Waals surface area (Å²) in [5, 5.41) is 12.0. The number of halogens is 3. The Bertz CT molecular complexity index is 1010. The van der Waals surface area contributed by atoms with Gasteiger partial charge < -0.3 is 10.2 Å². The van der Waals surface area contributed by atoms with Crippen LogP contribution in [0.2, 0.25) is 0 Å². The summed E-state index contributed by atoms with van der Waals surface area (Å²) in [4.78, 5) is 35.6. The highest BCUT2D eigenvalue weighted by molar-refractivity contribution is 6.07. The zero-order chi connectivity index (χ0) is 22.9. The fraction of sp³-hybridized carbons (Fsp3) is 0.333. The van der Waals surface area contributed by atoms with Crippen LogP contribution in [0.4, 0.5) is 18.0 Å². The highest BCUT2D eigenvalue weighted by Gasteiger charge is 2.47. The van der Waals surface area contributed by atoms with Crippen LogP contribution in [0.5, 0.6) is 0 Å². The van der Waals surface area contributed by atoms with Crippen LogP contribution in [0, 0.1) is 5.41 Å². The van der Waals surface area contributed by atoms with Gasteiger partial charge in [-0.25, -0.2) is 4.79 Å². The van der Waals surface area contributed by atoms with E-state index in [0.29, 0.717) is 25.5 Å². The SMILES string of the molecule is N=C(NC(=O)c1ccc(C(F)(F)F)nc1)[C@@H]1CC[C@@H]2CN1C(=O)N2OCc1ccccc1. The molecule has 2 fully saturated rings. The van der Waals surface area contributed by atoms with Crippen molar-refractivity contribution in [2.45, 2.75) is 37.7 Å². The first kappa shape index (κ1) is 21.8. The molecule has 4 rings (SSSR count). The lowest BCUT2D eigenvalue weighted by Crippen LogP contribution is -2.50. The lowest BCUT2D eigenvalue weighted by atomic mass is 10.00. The van der Waals surface area contributed by atoms with Gasteiger partial charge in [-0.1, -0.05) is 30.3 Å². The largest absolute Gasteiger partial charge is 0.433 e. The zero-order valence-electron chi connectivity index (χ0n) is 16.8. The van der Waals surface area contributed by atoms with E-state index in [4.69, 9.17) is 10.2 Å². The molecule has 2 aliphatic rings. The van der Waals surface area contributed by atoms with Gasteiger partial charge in [0, 0.05) is 12.7 Å². The van der Waals surface area contributed by atoms with Gasteiger partial charge in [0.15, 0.2) is 0 Å². The number of nitrogens with one attached hydrogen (secondary N) is 2. The number of piperidine rings is 1. The maximum atomic E-state index is 12.8. The third-order valence-corrected chi connectivity index (χ3v) is 5.43. The van der Waals surface area contributed by atoms with Gasteiger partial charge in [-0.05, 0) is 30.5 Å². The summed E-state index contributed by atoms with van der Waals surface area (Å²) in [5.41, 5.74) is -0.309. The molecular formula is C21H20F3N5O3. The lowest BCUT2D eigenvalue weighted by Gasteiger charge is -2.30. The number of pyridine rings is 1. The molecule has 2 atom stereocenters. The van der Waals surface area contributed by atoms with Gasteiger partial charge in [0.1, 0.15) is 18.1 Å². The Morgan fingerprint density at radius 1 is 1.19 bits per heavy atom. The van der Waals surface area contributed by atoms with E-state index in [1.165, 1.54) is 9.96 Å². The summed E-state index contributed by atoms with van der Waals surface area (Å²) < 4.78 is 37.9. The molecule has 0 saturated carbocycles. The Morgan fingerprint density at radius 2 is 1.94 bits per heavy atom. The maximum absolute atomic E-state index is 12.8. The number of amidine groups is 1. The molecule has 2 bridgehead atoms. The van der Waals surface area contributed by atoms with Crippen molar-refractivity contribution in [3.8, 4) is 0 Å². The van der Waals surface area contributed by atoms with Gasteiger partial charge in [-0.2, -0.15) is 18.2 Å². The molecule has 2 aromatic rings. The fourth-order valence-electron chi connectivity index (χ4n) is 3.79. The molecule has 0 unspecified atom stereocenters. The van der Waals surface area contributed by atoms with Crippen molar-refractivity contribution in [3.63, 3.8) is 0 Å². The number of hydrogen-bond donors (Lipinski definition) is 2. The van der Waals surface area contributed by atoms with Gasteiger partial charge >= 0.3 is 12.2 Å². The molecule has 32 heavy (non-hydrogen) atoms. The second-order valence-corrected chi connectivity index (χ2v) is 7.56. The number of hydrogen-bond acceptors (Lipinski definition) is 5. The summed E-state index contributed by atoms with van der Waals surface area (Å²) in [6.07, 6.45) is -2.76. The molecular weight excluding hydrogens is 427 g/mol. The number of hydroxylamine groups is 2. The van der Waals surface area contributed by atoms with Crippen LogP contribution in [0.15, 0.2) is 48.7 Å². The predicted octanol–water partition coefficient (Wildman–Crippen LogP) is 3.21. The van der Waals surface area contributed by atoms with Crippen molar-refractivity contribution >= 4 is 17.8 Å². The number of fused-ring (bicyclic) bond motifs is 2. The molecule has 11 heteroatoms. The average molecular weight is 447 g/mol. The van der Waals surface area contributed by atoms with Gasteiger partial charge in [0.05, 0.1) is 17.6 Å². The first-order valence-electron chi connectivity index (χ1n) is 9.94. The number of aromatic nitrogens is 1. The Kier molecular flexibility index (Phi) is 5.83. The van der Waals surface area contributed by atoms with Crippen molar-refractivity contribution in [1.82, 2.24) is 20.3 Å². The summed E-state index contributed by atoms with van der Waals surface area (Å²) >= 11 is 0. The number of benzene rings is 1. The molecule has 0 radical (unpaired) electrons. The minimum atomic E-state index is -4.61. The number of rotatable bonds is 5. The zero-order valence-corrected chi connectivity index (χ0v) is 16.8. The summed E-state index contributed by atoms with van der Waals surface area (Å²) in [5.74, 6) is -0.964. The molecule has 168 valence electrons. The summed E-state index contributed by atoms with van der Waals surface area (Å²) in [6.45, 7) is 0.592. The number of alkyl halides is 3. The van der Waals surface area contributed by atoms with Crippen molar-refractivity contribution in [2.24, 2.45) is 0 Å². The molecule has 3 amide bonds. The highest BCUT2D eigenvalue weighted by atomic mass is 19.4. The summed E-state index contributed by atoms with van der Waals surface area (Å²) in [7, 11) is 0. The van der Waals surface area contributed by atoms with Crippen LogP contribution in [-0.4, -0.2) is 51.3 Å². The highest BCUT2D eigenvalue weighted by Crippen LogP contribution is 2.31. The first-order chi connectivity index (χ1) is 15.2. The first-order valence-corrected chi connectivity index (χ1v) is 9.94. The topological polar surface area (TPSA) is 98.6 Å². The van der Waals surface area contributed by atoms with Crippen molar-refractivity contribution in [2.75, 3.05) is 6.54 Å². The van der Waals surface area contributed by atoms with Crippen molar-refractivity contribution < 1.29 is 27.6 Å². The lowest BCUT2D eigenvalue weighted by molar-refractivity contribution is -0.141. The van der Waals surface area contributed by atoms with E-state index in [1.807, 2.05) is 30.3 Å². The van der Waals surface area contributed by atoms with Crippen LogP contribution in [0.25, 0.3) is 0 Å². The number of carbonyl (C=O) groups excluding carboxylic acids is 2. The maximum Gasteiger partial charge on any atom is 0.433 e. The van der Waals surface area contributed by atoms with E-state index in [9.17, 15) is 22.8 Å². The average Bonchev–Trinajstić information content (AvgIpc) is 3.02. The fourth-order valence-corrected chi connectivity index (χ4v) is 3.79. The van der Waals surface area contributed by atoms with E-state index in [-0.39, 0.29) is 30.1 Å². The molecule has 8 nitrogen and oxygen atoms in total. The molecule has 0 spiro atoms. The summed E-state index contributed by atoms with van der Waals surface area (Å²) in [6, 6.07) is 9.91. The van der Waals surface area contributed by atoms with Gasteiger partial charge in [0.25, 0.3) is 5.91 Å². The van der Waals surface area contributed by atoms with Crippen LogP contribution >= 0.6 is 0 Å². The van der Waals surface area contributed by atoms with Gasteiger partial charge in [-0.15, -0.1) is 0 Å². The molecule has 1 aromatic carbocycles. The van der Waals surface area contributed by atoms with Gasteiger partial charge in [0.2, 0.25) is 0 Å². The normalized spacial score (nSPS) is 20.4. The molecule has 2 aliphatic heterocycles. The van der Waals surface area contributed by atoms with E-state index in [2.05, 4.69) is 10.3 Å². The molecule has 2 saturated heterocycles. The van der Waals surface area contributed by atoms with Crippen LogP contribution in [-0.2, 0) is 17.6 Å². The van der Waals surface area contributed by atoms with Crippen LogP contribution in [0.1, 0.15) is 34.5 Å².